The molecule has 0 unspecified atom stereocenters. The number of nitrogens with two attached hydrogens (primary N) is 1. The number of rotatable bonds is 4. The fourth-order valence-electron chi connectivity index (χ4n) is 1.91. The molecule has 0 aliphatic heterocycles. The zero-order valence-electron chi connectivity index (χ0n) is 12.5. The van der Waals surface area contributed by atoms with Crippen molar-refractivity contribution in [2.24, 2.45) is 5.73 Å². The van der Waals surface area contributed by atoms with Crippen LogP contribution in [0.3, 0.4) is 0 Å². The van der Waals surface area contributed by atoms with E-state index in [9.17, 15) is 9.59 Å². The van der Waals surface area contributed by atoms with Gasteiger partial charge in [0, 0.05) is 0 Å². The Labute approximate surface area is 138 Å². The number of hydrogen-bond acceptors (Lipinski definition) is 3. The van der Waals surface area contributed by atoms with Gasteiger partial charge in [-0.05, 0) is 29.8 Å². The van der Waals surface area contributed by atoms with Crippen molar-refractivity contribution in [2.75, 3.05) is 7.11 Å². The van der Waals surface area contributed by atoms with Gasteiger partial charge in [0.15, 0.2) is 0 Å². The summed E-state index contributed by atoms with van der Waals surface area (Å²) in [6, 6.07) is 12.8. The molecule has 0 aliphatic rings. The number of ether oxygens (including phenoxy) is 1. The predicted molar refractivity (Wildman–Crippen MR) is 87.0 cm³/mol. The third-order valence-electron chi connectivity index (χ3n) is 3.12. The SMILES string of the molecule is COc1ccc(CN(NC(=O)c2ccccc2Cl)C(N)=O)cc1. The Morgan fingerprint density at radius 2 is 1.83 bits per heavy atom. The Kier molecular flexibility index (Phi) is 5.43. The average Bonchev–Trinajstić information content (AvgIpc) is 2.55. The van der Waals surface area contributed by atoms with Crippen LogP contribution in [0.25, 0.3) is 0 Å². The second-order valence-electron chi connectivity index (χ2n) is 4.69. The van der Waals surface area contributed by atoms with Crippen molar-refractivity contribution in [1.29, 1.82) is 0 Å². The lowest BCUT2D eigenvalue weighted by Crippen LogP contribution is -2.48. The van der Waals surface area contributed by atoms with Gasteiger partial charge in [-0.1, -0.05) is 35.9 Å². The summed E-state index contributed by atoms with van der Waals surface area (Å²) in [6.07, 6.45) is 0. The van der Waals surface area contributed by atoms with Gasteiger partial charge in [0.2, 0.25) is 0 Å². The summed E-state index contributed by atoms with van der Waals surface area (Å²) in [5.41, 5.74) is 8.82. The van der Waals surface area contributed by atoms with Crippen molar-refractivity contribution in [3.8, 4) is 5.75 Å². The number of methoxy groups -OCH3 is 1. The van der Waals surface area contributed by atoms with E-state index in [-0.39, 0.29) is 12.1 Å². The highest BCUT2D eigenvalue weighted by Gasteiger charge is 2.17. The molecule has 2 aromatic carbocycles. The fraction of sp³-hybridized carbons (Fsp3) is 0.125. The first-order chi connectivity index (χ1) is 11.0. The highest BCUT2D eigenvalue weighted by Crippen LogP contribution is 2.15. The standard InChI is InChI=1S/C16H16ClN3O3/c1-23-12-8-6-11(7-9-12)10-20(16(18)22)19-15(21)13-4-2-3-5-14(13)17/h2-9H,10H2,1H3,(H2,18,22)(H,19,21). The molecular formula is C16H16ClN3O3. The first kappa shape index (κ1) is 16.6. The van der Waals surface area contributed by atoms with Crippen LogP contribution in [-0.4, -0.2) is 24.1 Å². The van der Waals surface area contributed by atoms with Crippen LogP contribution < -0.4 is 15.9 Å². The fourth-order valence-corrected chi connectivity index (χ4v) is 2.14. The molecule has 0 spiro atoms. The van der Waals surface area contributed by atoms with Gasteiger partial charge in [-0.2, -0.15) is 0 Å². The summed E-state index contributed by atoms with van der Waals surface area (Å²) in [6.45, 7) is 0.121. The molecule has 0 fully saturated rings. The van der Waals surface area contributed by atoms with Crippen molar-refractivity contribution < 1.29 is 14.3 Å². The Bertz CT molecular complexity index is 704. The van der Waals surface area contributed by atoms with Gasteiger partial charge >= 0.3 is 6.03 Å². The molecule has 0 heterocycles. The van der Waals surface area contributed by atoms with Crippen LogP contribution in [0, 0.1) is 0 Å². The highest BCUT2D eigenvalue weighted by atomic mass is 35.5. The smallest absolute Gasteiger partial charge is 0.333 e. The molecule has 0 saturated carbocycles. The summed E-state index contributed by atoms with van der Waals surface area (Å²) < 4.78 is 5.07. The minimum Gasteiger partial charge on any atom is -0.497 e. The Hall–Kier alpha value is -2.73. The minimum absolute atomic E-state index is 0.121. The largest absolute Gasteiger partial charge is 0.497 e. The molecule has 2 rings (SSSR count). The summed E-state index contributed by atoms with van der Waals surface area (Å²) in [5.74, 6) is 0.183. The molecule has 23 heavy (non-hydrogen) atoms. The highest BCUT2D eigenvalue weighted by molar-refractivity contribution is 6.33. The van der Waals surface area contributed by atoms with Crippen LogP contribution in [-0.2, 0) is 6.54 Å². The van der Waals surface area contributed by atoms with E-state index in [4.69, 9.17) is 22.1 Å². The summed E-state index contributed by atoms with van der Waals surface area (Å²) >= 11 is 5.97. The molecule has 3 N–H and O–H groups in total. The molecule has 6 nitrogen and oxygen atoms in total. The normalized spacial score (nSPS) is 10.0. The number of hydrogen-bond donors (Lipinski definition) is 2. The second kappa shape index (κ2) is 7.51. The molecule has 3 amide bonds. The van der Waals surface area contributed by atoms with Crippen molar-refractivity contribution in [3.05, 3.63) is 64.7 Å². The third-order valence-corrected chi connectivity index (χ3v) is 3.45. The first-order valence-electron chi connectivity index (χ1n) is 6.76. The van der Waals surface area contributed by atoms with E-state index in [1.807, 2.05) is 0 Å². The van der Waals surface area contributed by atoms with Crippen LogP contribution in [0.5, 0.6) is 5.75 Å². The molecular weight excluding hydrogens is 318 g/mol. The van der Waals surface area contributed by atoms with Crippen molar-refractivity contribution in [1.82, 2.24) is 10.4 Å². The van der Waals surface area contributed by atoms with E-state index in [0.717, 1.165) is 10.6 Å². The summed E-state index contributed by atoms with van der Waals surface area (Å²) in [4.78, 5) is 23.8. The average molecular weight is 334 g/mol. The zero-order chi connectivity index (χ0) is 16.8. The Morgan fingerprint density at radius 3 is 2.39 bits per heavy atom. The van der Waals surface area contributed by atoms with Crippen LogP contribution >= 0.6 is 11.6 Å². The van der Waals surface area contributed by atoms with Crippen molar-refractivity contribution >= 4 is 23.5 Å². The van der Waals surface area contributed by atoms with Gasteiger partial charge in [0.05, 0.1) is 24.2 Å². The van der Waals surface area contributed by atoms with Gasteiger partial charge in [0.25, 0.3) is 5.91 Å². The lowest BCUT2D eigenvalue weighted by molar-refractivity contribution is 0.0825. The predicted octanol–water partition coefficient (Wildman–Crippen LogP) is 2.57. The van der Waals surface area contributed by atoms with Gasteiger partial charge in [-0.15, -0.1) is 0 Å². The van der Waals surface area contributed by atoms with Gasteiger partial charge in [-0.3, -0.25) is 10.2 Å². The minimum atomic E-state index is -0.777. The molecule has 0 atom stereocenters. The number of hydrazine groups is 1. The summed E-state index contributed by atoms with van der Waals surface area (Å²) in [5, 5.41) is 1.31. The van der Waals surface area contributed by atoms with Gasteiger partial charge in [-0.25, -0.2) is 9.80 Å². The quantitative estimate of drug-likeness (QED) is 0.843. The molecule has 0 saturated heterocycles. The number of nitrogens with one attached hydrogen (secondary N) is 1. The molecule has 0 bridgehead atoms. The maximum absolute atomic E-state index is 12.2. The zero-order valence-corrected chi connectivity index (χ0v) is 13.2. The van der Waals surface area contributed by atoms with E-state index in [2.05, 4.69) is 5.43 Å². The lowest BCUT2D eigenvalue weighted by Gasteiger charge is -2.21. The van der Waals surface area contributed by atoms with Gasteiger partial charge in [0.1, 0.15) is 5.75 Å². The molecule has 7 heteroatoms. The molecule has 0 radical (unpaired) electrons. The molecule has 2 aromatic rings. The maximum atomic E-state index is 12.2. The number of benzene rings is 2. The van der Waals surface area contributed by atoms with Gasteiger partial charge < -0.3 is 10.5 Å². The third kappa shape index (κ3) is 4.37. The number of carbonyl (C=O) groups excluding carboxylic acids is 2. The number of amides is 3. The Balaban J connectivity index is 2.11. The van der Waals surface area contributed by atoms with Crippen molar-refractivity contribution in [2.45, 2.75) is 6.54 Å². The second-order valence-corrected chi connectivity index (χ2v) is 5.10. The number of halogens is 1. The van der Waals surface area contributed by atoms with Crippen LogP contribution in [0.15, 0.2) is 48.5 Å². The monoisotopic (exact) mass is 333 g/mol. The van der Waals surface area contributed by atoms with Crippen molar-refractivity contribution in [3.63, 3.8) is 0 Å². The molecule has 0 aliphatic carbocycles. The van der Waals surface area contributed by atoms with E-state index < -0.39 is 11.9 Å². The number of carbonyl (C=O) groups is 2. The maximum Gasteiger partial charge on any atom is 0.333 e. The first-order valence-corrected chi connectivity index (χ1v) is 7.14. The van der Waals surface area contributed by atoms with Crippen LogP contribution in [0.4, 0.5) is 4.79 Å². The topological polar surface area (TPSA) is 84.7 Å². The molecule has 120 valence electrons. The van der Waals surface area contributed by atoms with Crippen LogP contribution in [0.1, 0.15) is 15.9 Å². The lowest BCUT2D eigenvalue weighted by atomic mass is 10.2. The number of nitrogens with zero attached hydrogens (tertiary/aromatic N) is 1. The van der Waals surface area contributed by atoms with E-state index in [1.54, 1.807) is 55.6 Å². The van der Waals surface area contributed by atoms with E-state index in [1.165, 1.54) is 0 Å². The number of urea groups is 1. The summed E-state index contributed by atoms with van der Waals surface area (Å²) in [7, 11) is 1.56. The van der Waals surface area contributed by atoms with E-state index in [0.29, 0.717) is 10.8 Å². The molecule has 0 aromatic heterocycles. The Morgan fingerprint density at radius 1 is 1.17 bits per heavy atom. The van der Waals surface area contributed by atoms with Crippen LogP contribution in [0.2, 0.25) is 5.02 Å². The number of primary amides is 1. The van der Waals surface area contributed by atoms with E-state index >= 15 is 0 Å².